The molecule has 4 aromatic heterocycles. The molecule has 0 radical (unpaired) electrons. The van der Waals surface area contributed by atoms with Crippen LogP contribution >= 0.6 is 0 Å². The Balaban J connectivity index is 1.30. The van der Waals surface area contributed by atoms with Crippen LogP contribution in [0.2, 0.25) is 0 Å². The van der Waals surface area contributed by atoms with Crippen LogP contribution < -0.4 is 4.90 Å². The second-order valence-electron chi connectivity index (χ2n) is 9.79. The van der Waals surface area contributed by atoms with E-state index in [-0.39, 0.29) is 0 Å². The number of aryl methyl sites for hydroxylation is 1. The zero-order valence-electron chi connectivity index (χ0n) is 23.2. The maximum Gasteiger partial charge on any atom is 0.212 e. The van der Waals surface area contributed by atoms with Crippen molar-refractivity contribution < 1.29 is 4.74 Å². The van der Waals surface area contributed by atoms with Crippen molar-refractivity contribution in [2.45, 2.75) is 13.8 Å². The molecule has 0 unspecified atom stereocenters. The molecule has 0 amide bonds. The largest absolute Gasteiger partial charge is 0.478 e. The van der Waals surface area contributed by atoms with Gasteiger partial charge in [0.05, 0.1) is 30.1 Å². The highest BCUT2D eigenvalue weighted by Gasteiger charge is 2.19. The van der Waals surface area contributed by atoms with Gasteiger partial charge in [0.25, 0.3) is 0 Å². The number of rotatable bonds is 9. The molecule has 0 bridgehead atoms. The molecule has 0 spiro atoms. The molecular formula is C30H33N9O. The van der Waals surface area contributed by atoms with Gasteiger partial charge in [0.1, 0.15) is 11.9 Å². The molecule has 4 aromatic rings. The first-order chi connectivity index (χ1) is 19.5. The normalized spacial score (nSPS) is 14.9. The molecule has 10 nitrogen and oxygen atoms in total. The first kappa shape index (κ1) is 26.8. The lowest BCUT2D eigenvalue weighted by molar-refractivity contribution is 0.228. The summed E-state index contributed by atoms with van der Waals surface area (Å²) in [4.78, 5) is 13.5. The average Bonchev–Trinajstić information content (AvgIpc) is 3.61. The monoisotopic (exact) mass is 535 g/mol. The summed E-state index contributed by atoms with van der Waals surface area (Å²) >= 11 is 0. The highest BCUT2D eigenvalue weighted by molar-refractivity contribution is 5.87. The van der Waals surface area contributed by atoms with Crippen molar-refractivity contribution in [2.75, 3.05) is 44.2 Å². The fraction of sp³-hybridized carbons (Fsp3) is 0.300. The van der Waals surface area contributed by atoms with E-state index < -0.39 is 0 Å². The van der Waals surface area contributed by atoms with Gasteiger partial charge in [-0.2, -0.15) is 15.5 Å². The first-order valence-electron chi connectivity index (χ1n) is 13.3. The van der Waals surface area contributed by atoms with Crippen LogP contribution in [0.4, 0.5) is 5.82 Å². The number of aromatic nitrogens is 5. The highest BCUT2D eigenvalue weighted by Crippen LogP contribution is 2.32. The Morgan fingerprint density at radius 3 is 2.55 bits per heavy atom. The van der Waals surface area contributed by atoms with Gasteiger partial charge in [0, 0.05) is 86.7 Å². The van der Waals surface area contributed by atoms with E-state index in [9.17, 15) is 5.26 Å². The van der Waals surface area contributed by atoms with E-state index in [4.69, 9.17) is 9.72 Å². The predicted molar refractivity (Wildman–Crippen MR) is 157 cm³/mol. The number of piperazine rings is 1. The minimum absolute atomic E-state index is 0.530. The molecular weight excluding hydrogens is 502 g/mol. The van der Waals surface area contributed by atoms with Crippen LogP contribution in [0.1, 0.15) is 19.4 Å². The quantitative estimate of drug-likeness (QED) is 0.179. The molecule has 1 aliphatic heterocycles. The van der Waals surface area contributed by atoms with Gasteiger partial charge in [-0.3, -0.25) is 9.58 Å². The third kappa shape index (κ3) is 5.80. The van der Waals surface area contributed by atoms with Gasteiger partial charge in [0.15, 0.2) is 0 Å². The number of nitrogens with zero attached hydrogens (tertiary/aromatic N) is 9. The van der Waals surface area contributed by atoms with Crippen molar-refractivity contribution in [2.24, 2.45) is 12.0 Å². The van der Waals surface area contributed by atoms with Crippen molar-refractivity contribution in [3.05, 3.63) is 78.4 Å². The van der Waals surface area contributed by atoms with E-state index in [0.717, 1.165) is 66.3 Å². The van der Waals surface area contributed by atoms with Crippen LogP contribution in [0.25, 0.3) is 27.8 Å². The Bertz CT molecular complexity index is 1600. The van der Waals surface area contributed by atoms with Crippen LogP contribution in [0.5, 0.6) is 0 Å². The smallest absolute Gasteiger partial charge is 0.212 e. The lowest BCUT2D eigenvalue weighted by Gasteiger charge is -2.35. The third-order valence-corrected chi connectivity index (χ3v) is 6.96. The van der Waals surface area contributed by atoms with Gasteiger partial charge in [-0.15, -0.1) is 0 Å². The minimum Gasteiger partial charge on any atom is -0.478 e. The zero-order chi connectivity index (χ0) is 28.1. The molecule has 1 fully saturated rings. The number of aliphatic imine (C=N–C) groups is 1. The highest BCUT2D eigenvalue weighted by atomic mass is 16.5. The maximum atomic E-state index is 9.70. The Hall–Kier alpha value is -4.75. The third-order valence-electron chi connectivity index (χ3n) is 6.96. The number of ether oxygens (including phenoxy) is 1. The van der Waals surface area contributed by atoms with Crippen LogP contribution in [-0.2, 0) is 11.8 Å². The van der Waals surface area contributed by atoms with E-state index in [1.165, 1.54) is 5.57 Å². The molecule has 0 atom stereocenters. The molecule has 1 saturated heterocycles. The summed E-state index contributed by atoms with van der Waals surface area (Å²) in [7, 11) is 1.89. The summed E-state index contributed by atoms with van der Waals surface area (Å²) in [5.41, 5.74) is 6.34. The standard InChI is InChI=1S/C30H33N9O/c1-5-40-29(32-3)9-6-22(2)19-37-10-12-38(13-11-37)28-8-7-23(16-33-28)27-14-24(26-18-34-36(4)20-26)21-39-30(27)25(15-31)17-35-39/h6-9,14,16-18,20-21H,3,5,10-13,19H2,1-2,4H3/b22-6+,29-9+. The maximum absolute atomic E-state index is 9.70. The number of nitriles is 1. The van der Waals surface area contributed by atoms with Crippen LogP contribution in [0.3, 0.4) is 0 Å². The number of anilines is 1. The summed E-state index contributed by atoms with van der Waals surface area (Å²) < 4.78 is 8.96. The van der Waals surface area contributed by atoms with Gasteiger partial charge in [-0.05, 0) is 38.8 Å². The van der Waals surface area contributed by atoms with Crippen molar-refractivity contribution in [1.82, 2.24) is 29.3 Å². The van der Waals surface area contributed by atoms with Gasteiger partial charge >= 0.3 is 0 Å². The Morgan fingerprint density at radius 1 is 1.07 bits per heavy atom. The molecule has 0 N–H and O–H groups in total. The summed E-state index contributed by atoms with van der Waals surface area (Å²) in [5, 5.41) is 18.4. The fourth-order valence-electron chi connectivity index (χ4n) is 4.93. The SMILES string of the molecule is C=N/C(=C\C=C(/C)CN1CCN(c2ccc(-c3cc(-c4cnn(C)c4)cn4ncc(C#N)c34)cn2)CC1)OCC. The summed E-state index contributed by atoms with van der Waals surface area (Å²) in [6.07, 6.45) is 13.1. The Kier molecular flexibility index (Phi) is 8.03. The minimum atomic E-state index is 0.530. The second-order valence-corrected chi connectivity index (χ2v) is 9.79. The number of allylic oxidation sites excluding steroid dienone is 2. The molecule has 0 saturated carbocycles. The van der Waals surface area contributed by atoms with Gasteiger partial charge in [-0.1, -0.05) is 11.6 Å². The van der Waals surface area contributed by atoms with E-state index >= 15 is 0 Å². The Morgan fingerprint density at radius 2 is 1.90 bits per heavy atom. The molecule has 10 heteroatoms. The van der Waals surface area contributed by atoms with E-state index in [1.807, 2.05) is 50.9 Å². The number of pyridine rings is 2. The molecule has 0 aromatic carbocycles. The van der Waals surface area contributed by atoms with Crippen molar-refractivity contribution in [3.8, 4) is 28.3 Å². The molecule has 0 aliphatic carbocycles. The first-order valence-corrected chi connectivity index (χ1v) is 13.3. The van der Waals surface area contributed by atoms with E-state index in [2.05, 4.69) is 62.9 Å². The Labute approximate surface area is 234 Å². The van der Waals surface area contributed by atoms with E-state index in [0.29, 0.717) is 18.1 Å². The fourth-order valence-corrected chi connectivity index (χ4v) is 4.93. The van der Waals surface area contributed by atoms with Crippen molar-refractivity contribution in [3.63, 3.8) is 0 Å². The molecule has 5 heterocycles. The van der Waals surface area contributed by atoms with Crippen molar-refractivity contribution >= 4 is 18.1 Å². The number of hydrogen-bond donors (Lipinski definition) is 0. The number of fused-ring (bicyclic) bond motifs is 1. The van der Waals surface area contributed by atoms with Crippen molar-refractivity contribution in [1.29, 1.82) is 5.26 Å². The lowest BCUT2D eigenvalue weighted by Crippen LogP contribution is -2.47. The van der Waals surface area contributed by atoms with Crippen LogP contribution in [-0.4, -0.2) is 75.3 Å². The lowest BCUT2D eigenvalue weighted by atomic mass is 10.0. The summed E-state index contributed by atoms with van der Waals surface area (Å²) in [6.45, 7) is 12.8. The van der Waals surface area contributed by atoms with Crippen LogP contribution in [0, 0.1) is 11.3 Å². The predicted octanol–water partition coefficient (Wildman–Crippen LogP) is 4.32. The van der Waals surface area contributed by atoms with Gasteiger partial charge in [0.2, 0.25) is 5.88 Å². The zero-order valence-corrected chi connectivity index (χ0v) is 23.2. The molecule has 204 valence electrons. The van der Waals surface area contributed by atoms with Gasteiger partial charge in [-0.25, -0.2) is 14.5 Å². The number of hydrogen-bond acceptors (Lipinski definition) is 8. The average molecular weight is 536 g/mol. The molecule has 5 rings (SSSR count). The van der Waals surface area contributed by atoms with E-state index in [1.54, 1.807) is 15.4 Å². The van der Waals surface area contributed by atoms with Crippen LogP contribution in [0.15, 0.2) is 77.8 Å². The van der Waals surface area contributed by atoms with Gasteiger partial charge < -0.3 is 9.64 Å². The molecule has 40 heavy (non-hydrogen) atoms. The topological polar surface area (TPSA) is 99.9 Å². The molecule has 1 aliphatic rings. The second kappa shape index (κ2) is 12.0. The summed E-state index contributed by atoms with van der Waals surface area (Å²) in [5.74, 6) is 1.49. The summed E-state index contributed by atoms with van der Waals surface area (Å²) in [6, 6.07) is 8.49.